The molecule has 2 aromatic carbocycles. The lowest BCUT2D eigenvalue weighted by atomic mass is 10.0. The highest BCUT2D eigenvalue weighted by Crippen LogP contribution is 2.23. The number of benzene rings is 2. The summed E-state index contributed by atoms with van der Waals surface area (Å²) in [6.07, 6.45) is 0. The van der Waals surface area contributed by atoms with Crippen LogP contribution in [0.2, 0.25) is 0 Å². The van der Waals surface area contributed by atoms with Crippen molar-refractivity contribution in [1.82, 2.24) is 14.8 Å². The van der Waals surface area contributed by atoms with E-state index in [-0.39, 0.29) is 18.0 Å². The minimum Gasteiger partial charge on any atom is -0.497 e. The number of hydrogen-bond acceptors (Lipinski definition) is 6. The maximum atomic E-state index is 13.2. The molecule has 4 rings (SSSR count). The number of nitrogens with one attached hydrogen (secondary N) is 1. The molecule has 1 aliphatic rings. The second-order valence-electron chi connectivity index (χ2n) is 10.0. The molecule has 2 heterocycles. The molecule has 0 radical (unpaired) electrons. The first-order valence-electron chi connectivity index (χ1n) is 13.1. The van der Waals surface area contributed by atoms with Crippen LogP contribution in [0.4, 0.5) is 16.2 Å². The average Bonchev–Trinajstić information content (AvgIpc) is 3.40. The molecular formula is C29H37N5O3S. The zero-order chi connectivity index (χ0) is 27.2. The third-order valence-electron chi connectivity index (χ3n) is 6.79. The highest BCUT2D eigenvalue weighted by molar-refractivity contribution is 7.09. The predicted octanol–water partition coefficient (Wildman–Crippen LogP) is 5.68. The van der Waals surface area contributed by atoms with E-state index in [0.717, 1.165) is 35.2 Å². The number of carbonyl (C=O) groups excluding carboxylic acids is 2. The second-order valence-corrected chi connectivity index (χ2v) is 11.0. The van der Waals surface area contributed by atoms with Crippen molar-refractivity contribution in [1.29, 1.82) is 0 Å². The van der Waals surface area contributed by atoms with Crippen molar-refractivity contribution in [2.24, 2.45) is 0 Å². The molecule has 1 aromatic heterocycles. The highest BCUT2D eigenvalue weighted by Gasteiger charge is 2.25. The number of hydrogen-bond donors (Lipinski definition) is 1. The summed E-state index contributed by atoms with van der Waals surface area (Å²) in [5.41, 5.74) is 3.55. The van der Waals surface area contributed by atoms with E-state index in [1.807, 2.05) is 67.3 Å². The van der Waals surface area contributed by atoms with E-state index in [9.17, 15) is 9.59 Å². The van der Waals surface area contributed by atoms with Crippen molar-refractivity contribution in [3.63, 3.8) is 0 Å². The number of nitrogens with zero attached hydrogens (tertiary/aromatic N) is 4. The van der Waals surface area contributed by atoms with E-state index in [1.54, 1.807) is 17.4 Å². The first-order chi connectivity index (χ1) is 18.2. The van der Waals surface area contributed by atoms with Gasteiger partial charge in [0.25, 0.3) is 5.91 Å². The lowest BCUT2D eigenvalue weighted by Crippen LogP contribution is -2.48. The molecule has 1 fully saturated rings. The van der Waals surface area contributed by atoms with Gasteiger partial charge in [0.05, 0.1) is 13.7 Å². The SMILES string of the molecule is COc1ccc(N2CCN(C(=O)c3csc(CN(C(=O)Nc4ccc(C(C)C)cc4)C(C)C)n3)CC2)cc1. The van der Waals surface area contributed by atoms with Crippen molar-refractivity contribution in [2.75, 3.05) is 43.5 Å². The van der Waals surface area contributed by atoms with Crippen LogP contribution in [-0.2, 0) is 6.54 Å². The van der Waals surface area contributed by atoms with Gasteiger partial charge in [0.1, 0.15) is 16.5 Å². The number of rotatable bonds is 8. The van der Waals surface area contributed by atoms with Gasteiger partial charge in [-0.2, -0.15) is 0 Å². The summed E-state index contributed by atoms with van der Waals surface area (Å²) in [4.78, 5) is 36.7. The summed E-state index contributed by atoms with van der Waals surface area (Å²) in [7, 11) is 1.66. The number of thiazole rings is 1. The van der Waals surface area contributed by atoms with Crippen LogP contribution < -0.4 is 15.0 Å². The van der Waals surface area contributed by atoms with Crippen LogP contribution in [-0.4, -0.2) is 66.1 Å². The lowest BCUT2D eigenvalue weighted by molar-refractivity contribution is 0.0741. The molecule has 0 bridgehead atoms. The van der Waals surface area contributed by atoms with Crippen molar-refractivity contribution in [3.8, 4) is 5.75 Å². The number of piperazine rings is 1. The first kappa shape index (κ1) is 27.4. The maximum Gasteiger partial charge on any atom is 0.322 e. The van der Waals surface area contributed by atoms with E-state index in [0.29, 0.717) is 31.2 Å². The molecule has 0 atom stereocenters. The first-order valence-corrected chi connectivity index (χ1v) is 13.9. The van der Waals surface area contributed by atoms with Gasteiger partial charge in [0.15, 0.2) is 0 Å². The smallest absolute Gasteiger partial charge is 0.322 e. The van der Waals surface area contributed by atoms with Crippen LogP contribution in [0.15, 0.2) is 53.9 Å². The molecule has 9 heteroatoms. The molecule has 202 valence electrons. The maximum absolute atomic E-state index is 13.2. The number of carbonyl (C=O) groups is 2. The van der Waals surface area contributed by atoms with E-state index in [2.05, 4.69) is 29.0 Å². The lowest BCUT2D eigenvalue weighted by Gasteiger charge is -2.35. The highest BCUT2D eigenvalue weighted by atomic mass is 32.1. The van der Waals surface area contributed by atoms with Crippen molar-refractivity contribution in [2.45, 2.75) is 46.2 Å². The van der Waals surface area contributed by atoms with Crippen LogP contribution in [0.25, 0.3) is 0 Å². The molecule has 0 aliphatic carbocycles. The third kappa shape index (κ3) is 6.64. The van der Waals surface area contributed by atoms with Crippen LogP contribution in [0.1, 0.15) is 54.7 Å². The normalized spacial score (nSPS) is 13.7. The third-order valence-corrected chi connectivity index (χ3v) is 7.63. The van der Waals surface area contributed by atoms with Gasteiger partial charge in [-0.25, -0.2) is 9.78 Å². The quantitative estimate of drug-likeness (QED) is 0.402. The summed E-state index contributed by atoms with van der Waals surface area (Å²) < 4.78 is 5.24. The van der Waals surface area contributed by atoms with Crippen molar-refractivity contribution >= 4 is 34.6 Å². The minimum absolute atomic E-state index is 0.0287. The number of amides is 3. The number of anilines is 2. The average molecular weight is 536 g/mol. The van der Waals surface area contributed by atoms with Gasteiger partial charge in [-0.15, -0.1) is 11.3 Å². The van der Waals surface area contributed by atoms with Crippen molar-refractivity contribution < 1.29 is 14.3 Å². The topological polar surface area (TPSA) is 78.0 Å². The standard InChI is InChI=1S/C29H37N5O3S/c1-20(2)22-6-8-23(9-7-22)30-29(36)34(21(3)4)18-27-31-26(19-38-27)28(35)33-16-14-32(15-17-33)24-10-12-25(37-5)13-11-24/h6-13,19-21H,14-18H2,1-5H3,(H,30,36). The summed E-state index contributed by atoms with van der Waals surface area (Å²) in [5.74, 6) is 1.20. The Kier molecular flexibility index (Phi) is 8.89. The molecule has 0 saturated carbocycles. The molecule has 1 aliphatic heterocycles. The van der Waals surface area contributed by atoms with Gasteiger partial charge < -0.3 is 24.8 Å². The number of aromatic nitrogens is 1. The van der Waals surface area contributed by atoms with Crippen molar-refractivity contribution in [3.05, 3.63) is 70.2 Å². The predicted molar refractivity (Wildman–Crippen MR) is 153 cm³/mol. The van der Waals surface area contributed by atoms with Crippen LogP contribution in [0.5, 0.6) is 5.75 Å². The fourth-order valence-corrected chi connectivity index (χ4v) is 5.15. The Morgan fingerprint density at radius 1 is 1.00 bits per heavy atom. The van der Waals surface area contributed by atoms with Gasteiger partial charge in [-0.3, -0.25) is 4.79 Å². The van der Waals surface area contributed by atoms with E-state index < -0.39 is 0 Å². The molecule has 8 nitrogen and oxygen atoms in total. The van der Waals surface area contributed by atoms with E-state index >= 15 is 0 Å². The van der Waals surface area contributed by atoms with Gasteiger partial charge in [0, 0.05) is 49.0 Å². The molecule has 1 saturated heterocycles. The molecule has 3 amide bonds. The van der Waals surface area contributed by atoms with Crippen LogP contribution in [0.3, 0.4) is 0 Å². The second kappa shape index (κ2) is 12.3. The van der Waals surface area contributed by atoms with Crippen LogP contribution >= 0.6 is 11.3 Å². The number of ether oxygens (including phenoxy) is 1. The number of urea groups is 1. The summed E-state index contributed by atoms with van der Waals surface area (Å²) in [6, 6.07) is 15.7. The van der Waals surface area contributed by atoms with Crippen LogP contribution in [0, 0.1) is 0 Å². The molecule has 3 aromatic rings. The zero-order valence-electron chi connectivity index (χ0n) is 22.8. The Bertz CT molecular complexity index is 1220. The van der Waals surface area contributed by atoms with Gasteiger partial charge >= 0.3 is 6.03 Å². The van der Waals surface area contributed by atoms with Gasteiger partial charge in [-0.1, -0.05) is 26.0 Å². The van der Waals surface area contributed by atoms with E-state index in [4.69, 9.17) is 4.74 Å². The minimum atomic E-state index is -0.185. The largest absolute Gasteiger partial charge is 0.497 e. The van der Waals surface area contributed by atoms with E-state index in [1.165, 1.54) is 16.9 Å². The number of methoxy groups -OCH3 is 1. The summed E-state index contributed by atoms with van der Waals surface area (Å²) in [6.45, 7) is 11.4. The van der Waals surface area contributed by atoms with Gasteiger partial charge in [-0.05, 0) is 61.7 Å². The Hall–Kier alpha value is -3.59. The Balaban J connectivity index is 1.33. The fraction of sp³-hybridized carbons (Fsp3) is 0.414. The van der Waals surface area contributed by atoms with Gasteiger partial charge in [0.2, 0.25) is 0 Å². The Morgan fingerprint density at radius 3 is 2.24 bits per heavy atom. The molecule has 38 heavy (non-hydrogen) atoms. The zero-order valence-corrected chi connectivity index (χ0v) is 23.6. The Morgan fingerprint density at radius 2 is 1.66 bits per heavy atom. The fourth-order valence-electron chi connectivity index (χ4n) is 4.39. The molecule has 1 N–H and O–H groups in total. The molecular weight excluding hydrogens is 498 g/mol. The monoisotopic (exact) mass is 535 g/mol. The summed E-state index contributed by atoms with van der Waals surface area (Å²) >= 11 is 1.41. The summed E-state index contributed by atoms with van der Waals surface area (Å²) in [5, 5.41) is 5.53. The molecule has 0 unspecified atom stereocenters. The molecule has 0 spiro atoms. The Labute approximate surface area is 229 Å².